The monoisotopic (exact) mass is 534 g/mol. The average molecular weight is 535 g/mol. The van der Waals surface area contributed by atoms with Gasteiger partial charge in [0.2, 0.25) is 17.7 Å². The van der Waals surface area contributed by atoms with E-state index in [9.17, 15) is 19.2 Å². The zero-order valence-electron chi connectivity index (χ0n) is 21.4. The van der Waals surface area contributed by atoms with Crippen LogP contribution in [0.4, 0.5) is 0 Å². The highest BCUT2D eigenvalue weighted by Gasteiger charge is 2.50. The number of carbonyl (C=O) groups is 4. The van der Waals surface area contributed by atoms with Crippen LogP contribution in [0.2, 0.25) is 0 Å². The van der Waals surface area contributed by atoms with E-state index >= 15 is 0 Å². The van der Waals surface area contributed by atoms with Crippen LogP contribution in [0, 0.1) is 0 Å². The maximum Gasteiger partial charge on any atom is 0.245 e. The van der Waals surface area contributed by atoms with Crippen molar-refractivity contribution in [3.05, 3.63) is 35.9 Å². The van der Waals surface area contributed by atoms with Crippen molar-refractivity contribution in [2.24, 2.45) is 4.99 Å². The van der Waals surface area contributed by atoms with E-state index < -0.39 is 40.8 Å². The molecular formula is C25H34N4O7S. The Morgan fingerprint density at radius 1 is 1.03 bits per heavy atom. The molecule has 1 saturated heterocycles. The number of nitrogens with one attached hydrogen (secondary N) is 3. The van der Waals surface area contributed by atoms with Gasteiger partial charge in [-0.25, -0.2) is 0 Å². The lowest BCUT2D eigenvalue weighted by molar-refractivity contribution is -0.135. The Morgan fingerprint density at radius 3 is 2.11 bits per heavy atom. The summed E-state index contributed by atoms with van der Waals surface area (Å²) in [5.74, 6) is -1.80. The number of rotatable bonds is 14. The SMILES string of the molecule is COCC(NC(=O)C1CN=C(C)S1)C(=O)N[C@@H](COC)C(=O)NC(Cc1ccccc1)C(=O)C1(C)CO1. The summed E-state index contributed by atoms with van der Waals surface area (Å²) in [6.07, 6.45) is 0.265. The Morgan fingerprint density at radius 2 is 1.59 bits per heavy atom. The Balaban J connectivity index is 1.67. The average Bonchev–Trinajstić information content (AvgIpc) is 3.48. The van der Waals surface area contributed by atoms with Crippen LogP contribution in [-0.4, -0.2) is 98.1 Å². The molecule has 12 heteroatoms. The van der Waals surface area contributed by atoms with Gasteiger partial charge in [-0.05, 0) is 25.8 Å². The lowest BCUT2D eigenvalue weighted by Gasteiger charge is -2.25. The molecule has 2 heterocycles. The Hall–Kier alpha value is -2.80. The van der Waals surface area contributed by atoms with Crippen LogP contribution in [0.3, 0.4) is 0 Å². The van der Waals surface area contributed by atoms with Gasteiger partial charge in [-0.3, -0.25) is 24.2 Å². The molecule has 0 spiro atoms. The summed E-state index contributed by atoms with van der Waals surface area (Å²) >= 11 is 1.33. The summed E-state index contributed by atoms with van der Waals surface area (Å²) in [7, 11) is 2.80. The summed E-state index contributed by atoms with van der Waals surface area (Å²) in [6.45, 7) is 3.88. The first-order valence-corrected chi connectivity index (χ1v) is 12.8. The number of Topliss-reactive ketones (excluding diaryl/α,β-unsaturated/α-hetero) is 1. The summed E-state index contributed by atoms with van der Waals surface area (Å²) in [4.78, 5) is 56.2. The number of methoxy groups -OCH3 is 2. The molecule has 202 valence electrons. The van der Waals surface area contributed by atoms with Gasteiger partial charge in [0.25, 0.3) is 0 Å². The molecule has 11 nitrogen and oxygen atoms in total. The number of thioether (sulfide) groups is 1. The molecule has 0 radical (unpaired) electrons. The predicted molar refractivity (Wildman–Crippen MR) is 138 cm³/mol. The fourth-order valence-corrected chi connectivity index (χ4v) is 4.70. The number of ketones is 1. The van der Waals surface area contributed by atoms with Gasteiger partial charge in [0.15, 0.2) is 5.78 Å². The molecule has 3 rings (SSSR count). The Kier molecular flexibility index (Phi) is 10.2. The smallest absolute Gasteiger partial charge is 0.245 e. The van der Waals surface area contributed by atoms with Crippen LogP contribution in [-0.2, 0) is 39.8 Å². The number of hydrogen-bond donors (Lipinski definition) is 3. The van der Waals surface area contributed by atoms with E-state index in [2.05, 4.69) is 20.9 Å². The molecule has 1 aromatic carbocycles. The van der Waals surface area contributed by atoms with E-state index in [4.69, 9.17) is 14.2 Å². The van der Waals surface area contributed by atoms with Gasteiger partial charge in [-0.2, -0.15) is 0 Å². The maximum absolute atomic E-state index is 13.2. The Labute approximate surface area is 220 Å². The standard InChI is InChI=1S/C25H34N4O7S/c1-15-26-11-20(37-15)24(33)29-19(13-35-4)23(32)28-18(12-34-3)22(31)27-17(21(30)25(2)14-36-25)10-16-8-6-5-7-9-16/h5-9,17-20H,10-14H2,1-4H3,(H,27,31)(H,28,32)(H,29,33)/t17?,18-,19?,20?,25?/m0/s1. The zero-order valence-corrected chi connectivity index (χ0v) is 22.3. The third kappa shape index (κ3) is 8.09. The minimum atomic E-state index is -1.11. The summed E-state index contributed by atoms with van der Waals surface area (Å²) in [6, 6.07) is 6.28. The van der Waals surface area contributed by atoms with Crippen molar-refractivity contribution in [3.8, 4) is 0 Å². The summed E-state index contributed by atoms with van der Waals surface area (Å²) in [5.41, 5.74) is -0.0782. The van der Waals surface area contributed by atoms with Gasteiger partial charge in [0, 0.05) is 14.2 Å². The fraction of sp³-hybridized carbons (Fsp3) is 0.560. The summed E-state index contributed by atoms with van der Waals surface area (Å²) < 4.78 is 15.6. The molecule has 1 fully saturated rings. The molecule has 37 heavy (non-hydrogen) atoms. The van der Waals surface area contributed by atoms with Gasteiger partial charge in [0.05, 0.1) is 37.5 Å². The van der Waals surface area contributed by atoms with E-state index in [1.54, 1.807) is 6.92 Å². The first kappa shape index (κ1) is 28.8. The van der Waals surface area contributed by atoms with Gasteiger partial charge in [-0.1, -0.05) is 42.1 Å². The fourth-order valence-electron chi connectivity index (χ4n) is 3.81. The molecule has 0 bridgehead atoms. The van der Waals surface area contributed by atoms with Crippen LogP contribution in [0.25, 0.3) is 0 Å². The number of nitrogens with zero attached hydrogens (tertiary/aromatic N) is 1. The molecule has 4 unspecified atom stereocenters. The molecule has 3 amide bonds. The van der Waals surface area contributed by atoms with Gasteiger partial charge < -0.3 is 30.2 Å². The minimum Gasteiger partial charge on any atom is -0.382 e. The van der Waals surface area contributed by atoms with E-state index in [1.165, 1.54) is 26.0 Å². The number of hydrogen-bond acceptors (Lipinski definition) is 9. The second-order valence-electron chi connectivity index (χ2n) is 9.13. The van der Waals surface area contributed by atoms with E-state index in [-0.39, 0.29) is 37.9 Å². The highest BCUT2D eigenvalue weighted by molar-refractivity contribution is 8.15. The van der Waals surface area contributed by atoms with Gasteiger partial charge in [-0.15, -0.1) is 0 Å². The lowest BCUT2D eigenvalue weighted by Crippen LogP contribution is -2.59. The second kappa shape index (κ2) is 13.1. The van der Waals surface area contributed by atoms with Crippen LogP contribution in [0.5, 0.6) is 0 Å². The normalized spacial score (nSPS) is 22.8. The lowest BCUT2D eigenvalue weighted by atomic mass is 9.94. The molecule has 0 aliphatic carbocycles. The number of amides is 3. The summed E-state index contributed by atoms with van der Waals surface area (Å²) in [5, 5.41) is 8.43. The molecule has 0 saturated carbocycles. The highest BCUT2D eigenvalue weighted by Crippen LogP contribution is 2.29. The number of aliphatic imine (C=N–C) groups is 1. The topological polar surface area (TPSA) is 148 Å². The van der Waals surface area contributed by atoms with Crippen molar-refractivity contribution in [1.82, 2.24) is 16.0 Å². The molecular weight excluding hydrogens is 500 g/mol. The largest absolute Gasteiger partial charge is 0.382 e. The number of carbonyl (C=O) groups excluding carboxylic acids is 4. The van der Waals surface area contributed by atoms with E-state index in [0.717, 1.165) is 10.6 Å². The number of benzene rings is 1. The van der Waals surface area contributed by atoms with Gasteiger partial charge in [0.1, 0.15) is 22.9 Å². The molecule has 2 aliphatic heterocycles. The van der Waals surface area contributed by atoms with Crippen LogP contribution >= 0.6 is 11.8 Å². The van der Waals surface area contributed by atoms with Crippen molar-refractivity contribution in [3.63, 3.8) is 0 Å². The third-order valence-corrected chi connectivity index (χ3v) is 7.15. The van der Waals surface area contributed by atoms with E-state index in [1.807, 2.05) is 37.3 Å². The first-order valence-electron chi connectivity index (χ1n) is 12.0. The van der Waals surface area contributed by atoms with Crippen molar-refractivity contribution in [1.29, 1.82) is 0 Å². The number of ether oxygens (including phenoxy) is 3. The highest BCUT2D eigenvalue weighted by atomic mass is 32.2. The Bertz CT molecular complexity index is 1020. The molecule has 1 aromatic rings. The number of epoxide rings is 1. The van der Waals surface area contributed by atoms with Crippen LogP contribution in [0.1, 0.15) is 19.4 Å². The predicted octanol–water partition coefficient (Wildman–Crippen LogP) is -0.132. The minimum absolute atomic E-state index is 0.0963. The molecule has 2 aliphatic rings. The zero-order chi connectivity index (χ0) is 27.0. The first-order chi connectivity index (χ1) is 17.7. The van der Waals surface area contributed by atoms with Crippen LogP contribution < -0.4 is 16.0 Å². The second-order valence-corrected chi connectivity index (χ2v) is 10.5. The van der Waals surface area contributed by atoms with Crippen molar-refractivity contribution >= 4 is 40.3 Å². The van der Waals surface area contributed by atoms with Crippen molar-refractivity contribution in [2.75, 3.05) is 40.6 Å². The molecule has 3 N–H and O–H groups in total. The third-order valence-electron chi connectivity index (χ3n) is 6.03. The van der Waals surface area contributed by atoms with Crippen LogP contribution in [0.15, 0.2) is 35.3 Å². The molecule has 5 atom stereocenters. The van der Waals surface area contributed by atoms with Gasteiger partial charge >= 0.3 is 0 Å². The van der Waals surface area contributed by atoms with Crippen molar-refractivity contribution in [2.45, 2.75) is 49.2 Å². The van der Waals surface area contributed by atoms with Crippen molar-refractivity contribution < 1.29 is 33.4 Å². The maximum atomic E-state index is 13.2. The van der Waals surface area contributed by atoms with E-state index in [0.29, 0.717) is 6.54 Å². The quantitative estimate of drug-likeness (QED) is 0.280. The molecule has 0 aromatic heterocycles.